The van der Waals surface area contributed by atoms with E-state index in [0.29, 0.717) is 10.2 Å². The molecule has 1 N–H and O–H groups in total. The van der Waals surface area contributed by atoms with Gasteiger partial charge in [0.2, 0.25) is 0 Å². The van der Waals surface area contributed by atoms with Crippen LogP contribution in [-0.2, 0) is 14.3 Å². The van der Waals surface area contributed by atoms with Gasteiger partial charge in [-0.2, -0.15) is 0 Å². The van der Waals surface area contributed by atoms with Crippen LogP contribution in [0, 0.1) is 19.7 Å². The van der Waals surface area contributed by atoms with E-state index in [0.717, 1.165) is 11.1 Å². The molecule has 2 aromatic rings. The molecule has 0 spiro atoms. The number of amides is 1. The molecule has 2 aromatic carbocycles. The van der Waals surface area contributed by atoms with Crippen molar-refractivity contribution in [3.8, 4) is 5.75 Å². The zero-order chi connectivity index (χ0) is 20.0. The van der Waals surface area contributed by atoms with Crippen molar-refractivity contribution < 1.29 is 23.5 Å². The van der Waals surface area contributed by atoms with Crippen LogP contribution in [0.4, 0.5) is 4.39 Å². The van der Waals surface area contributed by atoms with Crippen molar-refractivity contribution in [2.45, 2.75) is 26.8 Å². The summed E-state index contributed by atoms with van der Waals surface area (Å²) in [4.78, 5) is 23.7. The third-order valence-electron chi connectivity index (χ3n) is 4.01. The number of halogens is 2. The highest BCUT2D eigenvalue weighted by molar-refractivity contribution is 9.10. The Morgan fingerprint density at radius 2 is 1.85 bits per heavy atom. The molecule has 1 unspecified atom stereocenters. The molecule has 0 saturated carbocycles. The molecule has 0 aromatic heterocycles. The maximum Gasteiger partial charge on any atom is 0.344 e. The Morgan fingerprint density at radius 3 is 2.52 bits per heavy atom. The second-order valence-corrected chi connectivity index (χ2v) is 7.01. The lowest BCUT2D eigenvalue weighted by Gasteiger charge is -2.16. The fraction of sp³-hybridized carbons (Fsp3) is 0.300. The van der Waals surface area contributed by atoms with Gasteiger partial charge in [-0.25, -0.2) is 9.18 Å². The molecule has 0 aliphatic heterocycles. The van der Waals surface area contributed by atoms with Crippen molar-refractivity contribution in [3.05, 3.63) is 63.4 Å². The number of carbonyl (C=O) groups is 2. The van der Waals surface area contributed by atoms with E-state index in [1.54, 1.807) is 0 Å². The van der Waals surface area contributed by atoms with E-state index in [9.17, 15) is 14.0 Å². The number of esters is 1. The first kappa shape index (κ1) is 20.9. The van der Waals surface area contributed by atoms with Crippen LogP contribution in [0.15, 0.2) is 40.9 Å². The quantitative estimate of drug-likeness (QED) is 0.664. The average molecular weight is 438 g/mol. The summed E-state index contributed by atoms with van der Waals surface area (Å²) >= 11 is 3.14. The molecule has 0 fully saturated rings. The van der Waals surface area contributed by atoms with Gasteiger partial charge in [0, 0.05) is 0 Å². The lowest BCUT2D eigenvalue weighted by Crippen LogP contribution is -2.32. The Hall–Kier alpha value is -2.41. The van der Waals surface area contributed by atoms with Crippen molar-refractivity contribution in [3.63, 3.8) is 0 Å². The summed E-state index contributed by atoms with van der Waals surface area (Å²) in [5.41, 5.74) is 3.30. The van der Waals surface area contributed by atoms with E-state index < -0.39 is 24.3 Å². The third kappa shape index (κ3) is 6.36. The van der Waals surface area contributed by atoms with Gasteiger partial charge in [-0.1, -0.05) is 18.2 Å². The predicted molar refractivity (Wildman–Crippen MR) is 103 cm³/mol. The van der Waals surface area contributed by atoms with Crippen molar-refractivity contribution in [1.29, 1.82) is 0 Å². The van der Waals surface area contributed by atoms with E-state index in [1.165, 1.54) is 23.8 Å². The van der Waals surface area contributed by atoms with Gasteiger partial charge in [-0.3, -0.25) is 4.79 Å². The van der Waals surface area contributed by atoms with Crippen molar-refractivity contribution in [2.75, 3.05) is 13.2 Å². The van der Waals surface area contributed by atoms with Crippen LogP contribution in [0.2, 0.25) is 0 Å². The van der Waals surface area contributed by atoms with Gasteiger partial charge < -0.3 is 14.8 Å². The van der Waals surface area contributed by atoms with E-state index in [2.05, 4.69) is 21.2 Å². The van der Waals surface area contributed by atoms with Crippen LogP contribution in [-0.4, -0.2) is 25.1 Å². The van der Waals surface area contributed by atoms with Gasteiger partial charge in [0.05, 0.1) is 10.5 Å². The molecule has 144 valence electrons. The minimum atomic E-state index is -0.694. The molecule has 1 amide bonds. The molecule has 5 nitrogen and oxygen atoms in total. The molecular formula is C20H21BrFNO4. The number of hydrogen-bond acceptors (Lipinski definition) is 4. The van der Waals surface area contributed by atoms with Crippen molar-refractivity contribution in [2.24, 2.45) is 0 Å². The number of rotatable bonds is 7. The Balaban J connectivity index is 1.77. The summed E-state index contributed by atoms with van der Waals surface area (Å²) in [6.07, 6.45) is 0. The van der Waals surface area contributed by atoms with Crippen LogP contribution in [0.5, 0.6) is 5.75 Å². The molecule has 0 heterocycles. The molecule has 7 heteroatoms. The average Bonchev–Trinajstić information content (AvgIpc) is 2.61. The summed E-state index contributed by atoms with van der Waals surface area (Å²) in [6.45, 7) is 5.11. The van der Waals surface area contributed by atoms with E-state index >= 15 is 0 Å². The fourth-order valence-electron chi connectivity index (χ4n) is 2.32. The molecule has 0 saturated heterocycles. The van der Waals surface area contributed by atoms with Gasteiger partial charge in [0.1, 0.15) is 11.6 Å². The first-order valence-corrected chi connectivity index (χ1v) is 9.15. The second kappa shape index (κ2) is 9.50. The Bertz CT molecular complexity index is 841. The van der Waals surface area contributed by atoms with Crippen LogP contribution in [0.3, 0.4) is 0 Å². The highest BCUT2D eigenvalue weighted by Gasteiger charge is 2.13. The number of ether oxygens (including phenoxy) is 2. The second-order valence-electron chi connectivity index (χ2n) is 6.16. The van der Waals surface area contributed by atoms with Gasteiger partial charge in [-0.05, 0) is 71.6 Å². The molecule has 0 aliphatic rings. The zero-order valence-corrected chi connectivity index (χ0v) is 16.9. The fourth-order valence-corrected chi connectivity index (χ4v) is 2.78. The van der Waals surface area contributed by atoms with E-state index in [1.807, 2.05) is 39.0 Å². The molecule has 27 heavy (non-hydrogen) atoms. The number of benzene rings is 2. The normalized spacial score (nSPS) is 11.6. The number of nitrogens with one attached hydrogen (secondary N) is 1. The van der Waals surface area contributed by atoms with E-state index in [-0.39, 0.29) is 12.6 Å². The van der Waals surface area contributed by atoms with Crippen LogP contribution >= 0.6 is 15.9 Å². The van der Waals surface area contributed by atoms with Gasteiger partial charge in [0.15, 0.2) is 13.2 Å². The number of aryl methyl sites for hydroxylation is 2. The number of carbonyl (C=O) groups excluding carboxylic acids is 2. The van der Waals surface area contributed by atoms with Gasteiger partial charge >= 0.3 is 5.97 Å². The largest absolute Gasteiger partial charge is 0.481 e. The Morgan fingerprint density at radius 1 is 1.11 bits per heavy atom. The highest BCUT2D eigenvalue weighted by Crippen LogP contribution is 2.25. The summed E-state index contributed by atoms with van der Waals surface area (Å²) < 4.78 is 23.5. The van der Waals surface area contributed by atoms with Crippen LogP contribution < -0.4 is 10.1 Å². The lowest BCUT2D eigenvalue weighted by atomic mass is 10.0. The zero-order valence-electron chi connectivity index (χ0n) is 15.3. The molecule has 0 bridgehead atoms. The summed E-state index contributed by atoms with van der Waals surface area (Å²) in [5, 5.41) is 2.78. The van der Waals surface area contributed by atoms with Crippen molar-refractivity contribution >= 4 is 27.8 Å². The molecule has 2 rings (SSSR count). The summed E-state index contributed by atoms with van der Waals surface area (Å²) in [5.74, 6) is -1.22. The SMILES string of the molecule is Cc1ccc(C(C)NC(=O)COC(=O)COc2ccc(F)cc2Br)cc1C. The maximum absolute atomic E-state index is 13.0. The first-order valence-electron chi connectivity index (χ1n) is 8.36. The van der Waals surface area contributed by atoms with Crippen LogP contribution in [0.1, 0.15) is 29.7 Å². The molecular weight excluding hydrogens is 417 g/mol. The van der Waals surface area contributed by atoms with E-state index in [4.69, 9.17) is 9.47 Å². The lowest BCUT2D eigenvalue weighted by molar-refractivity contribution is -0.150. The number of hydrogen-bond donors (Lipinski definition) is 1. The molecule has 0 radical (unpaired) electrons. The van der Waals surface area contributed by atoms with Crippen LogP contribution in [0.25, 0.3) is 0 Å². The topological polar surface area (TPSA) is 64.6 Å². The minimum Gasteiger partial charge on any atom is -0.481 e. The smallest absolute Gasteiger partial charge is 0.344 e. The minimum absolute atomic E-state index is 0.207. The highest BCUT2D eigenvalue weighted by atomic mass is 79.9. The predicted octanol–water partition coefficient (Wildman–Crippen LogP) is 4.00. The maximum atomic E-state index is 13.0. The third-order valence-corrected chi connectivity index (χ3v) is 4.63. The standard InChI is InChI=1S/C20H21BrFNO4/c1-12-4-5-15(8-13(12)2)14(3)23-19(24)10-27-20(25)11-26-18-7-6-16(22)9-17(18)21/h4-9,14H,10-11H2,1-3H3,(H,23,24). The van der Waals surface area contributed by atoms with Gasteiger partial charge in [-0.15, -0.1) is 0 Å². The Kier molecular flexibility index (Phi) is 7.36. The Labute approximate surface area is 166 Å². The van der Waals surface area contributed by atoms with Gasteiger partial charge in [0.25, 0.3) is 5.91 Å². The monoisotopic (exact) mass is 437 g/mol. The summed E-state index contributed by atoms with van der Waals surface area (Å²) in [6, 6.07) is 9.59. The summed E-state index contributed by atoms with van der Waals surface area (Å²) in [7, 11) is 0. The first-order chi connectivity index (χ1) is 12.8. The van der Waals surface area contributed by atoms with Crippen molar-refractivity contribution in [1.82, 2.24) is 5.32 Å². The molecule has 1 atom stereocenters. The molecule has 0 aliphatic carbocycles.